The lowest BCUT2D eigenvalue weighted by Crippen LogP contribution is -2.28. The molecule has 1 amide bonds. The highest BCUT2D eigenvalue weighted by molar-refractivity contribution is 5.92. The monoisotopic (exact) mass is 327 g/mol. The van der Waals surface area contributed by atoms with E-state index in [2.05, 4.69) is 31.6 Å². The fraction of sp³-hybridized carbons (Fsp3) is 0.389. The second-order valence-electron chi connectivity index (χ2n) is 6.18. The zero-order chi connectivity index (χ0) is 17.5. The van der Waals surface area contributed by atoms with E-state index in [4.69, 9.17) is 0 Å². The molecule has 0 unspecified atom stereocenters. The van der Waals surface area contributed by atoms with Crippen molar-refractivity contribution in [2.75, 3.05) is 32.5 Å². The third kappa shape index (κ3) is 5.62. The molecule has 0 aliphatic carbocycles. The first kappa shape index (κ1) is 17.9. The molecule has 2 rings (SSSR count). The average Bonchev–Trinajstić information content (AvgIpc) is 2.50. The number of carbonyl (C=O) groups is 1. The van der Waals surface area contributed by atoms with E-state index in [0.717, 1.165) is 29.8 Å². The maximum Gasteiger partial charge on any atom is 0.270 e. The first-order chi connectivity index (χ1) is 11.4. The van der Waals surface area contributed by atoms with Crippen molar-refractivity contribution in [1.82, 2.24) is 20.2 Å². The SMILES string of the molecule is Cc1cc(C)cc(Nc2nccc(C(=O)NCCCN(C)C)n2)c1. The molecule has 1 aromatic carbocycles. The Morgan fingerprint density at radius 2 is 1.88 bits per heavy atom. The number of anilines is 2. The van der Waals surface area contributed by atoms with Crippen molar-refractivity contribution in [3.63, 3.8) is 0 Å². The molecule has 1 aromatic heterocycles. The lowest BCUT2D eigenvalue weighted by atomic mass is 10.1. The van der Waals surface area contributed by atoms with Crippen molar-refractivity contribution in [2.45, 2.75) is 20.3 Å². The van der Waals surface area contributed by atoms with Crippen molar-refractivity contribution < 1.29 is 4.79 Å². The molecule has 0 aliphatic rings. The molecule has 2 N–H and O–H groups in total. The summed E-state index contributed by atoms with van der Waals surface area (Å²) in [6.07, 6.45) is 2.49. The normalized spacial score (nSPS) is 10.7. The summed E-state index contributed by atoms with van der Waals surface area (Å²) in [5.41, 5.74) is 3.59. The Hall–Kier alpha value is -2.47. The van der Waals surface area contributed by atoms with Gasteiger partial charge in [-0.15, -0.1) is 0 Å². The smallest absolute Gasteiger partial charge is 0.270 e. The summed E-state index contributed by atoms with van der Waals surface area (Å²) >= 11 is 0. The fourth-order valence-electron chi connectivity index (χ4n) is 2.41. The molecule has 0 atom stereocenters. The molecule has 6 nitrogen and oxygen atoms in total. The summed E-state index contributed by atoms with van der Waals surface area (Å²) in [5.74, 6) is 0.237. The fourth-order valence-corrected chi connectivity index (χ4v) is 2.41. The van der Waals surface area contributed by atoms with E-state index in [1.165, 1.54) is 0 Å². The average molecular weight is 327 g/mol. The van der Waals surface area contributed by atoms with Gasteiger partial charge in [0.15, 0.2) is 0 Å². The van der Waals surface area contributed by atoms with Crippen molar-refractivity contribution in [3.8, 4) is 0 Å². The van der Waals surface area contributed by atoms with Gasteiger partial charge in [0.05, 0.1) is 0 Å². The number of nitrogens with zero attached hydrogens (tertiary/aromatic N) is 3. The number of amides is 1. The summed E-state index contributed by atoms with van der Waals surface area (Å²) in [7, 11) is 4.02. The summed E-state index contributed by atoms with van der Waals surface area (Å²) in [4.78, 5) is 22.7. The molecule has 0 aliphatic heterocycles. The molecule has 24 heavy (non-hydrogen) atoms. The maximum atomic E-state index is 12.2. The number of hydrogen-bond acceptors (Lipinski definition) is 5. The predicted octanol–water partition coefficient (Wildman–Crippen LogP) is 2.52. The molecule has 0 saturated carbocycles. The molecule has 0 radical (unpaired) electrons. The second kappa shape index (κ2) is 8.40. The molecule has 0 bridgehead atoms. The Morgan fingerprint density at radius 1 is 1.17 bits per heavy atom. The Labute approximate surface area is 143 Å². The molecule has 0 fully saturated rings. The second-order valence-corrected chi connectivity index (χ2v) is 6.18. The van der Waals surface area contributed by atoms with Gasteiger partial charge in [-0.1, -0.05) is 6.07 Å². The predicted molar refractivity (Wildman–Crippen MR) is 96.7 cm³/mol. The van der Waals surface area contributed by atoms with E-state index in [-0.39, 0.29) is 5.91 Å². The number of hydrogen-bond donors (Lipinski definition) is 2. The van der Waals surface area contributed by atoms with Crippen LogP contribution in [0.4, 0.5) is 11.6 Å². The van der Waals surface area contributed by atoms with E-state index >= 15 is 0 Å². The summed E-state index contributed by atoms with van der Waals surface area (Å²) in [6, 6.07) is 7.76. The lowest BCUT2D eigenvalue weighted by molar-refractivity contribution is 0.0947. The zero-order valence-corrected chi connectivity index (χ0v) is 14.8. The van der Waals surface area contributed by atoms with Crippen molar-refractivity contribution in [2.24, 2.45) is 0 Å². The van der Waals surface area contributed by atoms with Crippen LogP contribution in [0.1, 0.15) is 28.0 Å². The van der Waals surface area contributed by atoms with Crippen LogP contribution in [0, 0.1) is 13.8 Å². The maximum absolute atomic E-state index is 12.2. The van der Waals surface area contributed by atoms with Gasteiger partial charge >= 0.3 is 0 Å². The molecule has 2 aromatic rings. The molecule has 0 saturated heterocycles. The van der Waals surface area contributed by atoms with Crippen LogP contribution < -0.4 is 10.6 Å². The summed E-state index contributed by atoms with van der Waals surface area (Å²) in [5, 5.41) is 6.03. The molecule has 1 heterocycles. The minimum Gasteiger partial charge on any atom is -0.351 e. The minimum atomic E-state index is -0.181. The third-order valence-electron chi connectivity index (χ3n) is 3.43. The van der Waals surface area contributed by atoms with Gasteiger partial charge in [-0.2, -0.15) is 0 Å². The highest BCUT2D eigenvalue weighted by atomic mass is 16.1. The van der Waals surface area contributed by atoms with Gasteiger partial charge in [0.2, 0.25) is 5.95 Å². The third-order valence-corrected chi connectivity index (χ3v) is 3.43. The zero-order valence-electron chi connectivity index (χ0n) is 14.8. The quantitative estimate of drug-likeness (QED) is 0.765. The van der Waals surface area contributed by atoms with Gasteiger partial charge in [0.25, 0.3) is 5.91 Å². The number of nitrogens with one attached hydrogen (secondary N) is 2. The number of carbonyl (C=O) groups excluding carboxylic acids is 1. The van der Waals surface area contributed by atoms with Gasteiger partial charge in [-0.25, -0.2) is 9.97 Å². The standard InChI is InChI=1S/C18H25N5O/c1-13-10-14(2)12-15(11-13)21-18-20-8-6-16(22-18)17(24)19-7-5-9-23(3)4/h6,8,10-12H,5,7,9H2,1-4H3,(H,19,24)(H,20,21,22). The first-order valence-electron chi connectivity index (χ1n) is 8.05. The van der Waals surface area contributed by atoms with Crippen LogP contribution in [0.2, 0.25) is 0 Å². The van der Waals surface area contributed by atoms with Crippen LogP contribution in [0.25, 0.3) is 0 Å². The van der Waals surface area contributed by atoms with E-state index in [1.807, 2.05) is 40.1 Å². The summed E-state index contributed by atoms with van der Waals surface area (Å²) in [6.45, 7) is 5.64. The van der Waals surface area contributed by atoms with Crippen LogP contribution in [0.5, 0.6) is 0 Å². The number of benzene rings is 1. The molecular formula is C18H25N5O. The van der Waals surface area contributed by atoms with E-state index in [9.17, 15) is 4.79 Å². The number of aromatic nitrogens is 2. The van der Waals surface area contributed by atoms with Crippen molar-refractivity contribution in [1.29, 1.82) is 0 Å². The topological polar surface area (TPSA) is 70.2 Å². The first-order valence-corrected chi connectivity index (χ1v) is 8.05. The van der Waals surface area contributed by atoms with E-state index in [0.29, 0.717) is 18.2 Å². The van der Waals surface area contributed by atoms with E-state index < -0.39 is 0 Å². The minimum absolute atomic E-state index is 0.181. The Balaban J connectivity index is 1.99. The molecule has 0 spiro atoms. The highest BCUT2D eigenvalue weighted by Crippen LogP contribution is 2.17. The van der Waals surface area contributed by atoms with E-state index in [1.54, 1.807) is 12.3 Å². The molecular weight excluding hydrogens is 302 g/mol. The van der Waals surface area contributed by atoms with Crippen LogP contribution >= 0.6 is 0 Å². The van der Waals surface area contributed by atoms with Crippen molar-refractivity contribution >= 4 is 17.5 Å². The van der Waals surface area contributed by atoms with Crippen molar-refractivity contribution in [3.05, 3.63) is 47.3 Å². The van der Waals surface area contributed by atoms with Gasteiger partial charge < -0.3 is 15.5 Å². The largest absolute Gasteiger partial charge is 0.351 e. The summed E-state index contributed by atoms with van der Waals surface area (Å²) < 4.78 is 0. The number of rotatable bonds is 7. The van der Waals surface area contributed by atoms with Gasteiger partial charge in [-0.3, -0.25) is 4.79 Å². The van der Waals surface area contributed by atoms with Gasteiger partial charge in [0.1, 0.15) is 5.69 Å². The van der Waals surface area contributed by atoms with Gasteiger partial charge in [-0.05, 0) is 70.2 Å². The van der Waals surface area contributed by atoms with Crippen LogP contribution in [0.3, 0.4) is 0 Å². The van der Waals surface area contributed by atoms with Crippen LogP contribution in [-0.2, 0) is 0 Å². The lowest BCUT2D eigenvalue weighted by Gasteiger charge is -2.10. The van der Waals surface area contributed by atoms with Crippen LogP contribution in [0.15, 0.2) is 30.5 Å². The van der Waals surface area contributed by atoms with Gasteiger partial charge in [0, 0.05) is 18.4 Å². The Bertz CT molecular complexity index is 679. The number of aryl methyl sites for hydroxylation is 2. The Kier molecular flexibility index (Phi) is 6.26. The molecule has 6 heteroatoms. The highest BCUT2D eigenvalue weighted by Gasteiger charge is 2.08. The van der Waals surface area contributed by atoms with Crippen LogP contribution in [-0.4, -0.2) is 48.0 Å². The molecule has 128 valence electrons. The Morgan fingerprint density at radius 3 is 2.54 bits per heavy atom.